The molecule has 0 aromatic carbocycles. The summed E-state index contributed by atoms with van der Waals surface area (Å²) in [5.74, 6) is -6.33. The number of aliphatic carboxylic acids is 1. The number of primary amides is 2. The molecule has 6 amide bonds. The Kier molecular flexibility index (Phi) is 13.3. The maximum atomic E-state index is 13.4. The highest BCUT2D eigenvalue weighted by Crippen LogP contribution is 2.21. The molecule has 0 saturated carbocycles. The number of carbonyl (C=O) groups excluding carboxylic acids is 6. The number of aliphatic hydroxyl groups excluding tert-OH is 1. The first-order valence-corrected chi connectivity index (χ1v) is 12.5. The van der Waals surface area contributed by atoms with Gasteiger partial charge in [0, 0.05) is 13.0 Å². The maximum Gasteiger partial charge on any atom is 0.326 e. The van der Waals surface area contributed by atoms with Crippen molar-refractivity contribution in [3.63, 3.8) is 0 Å². The number of hydrogen-bond acceptors (Lipinski definition) is 9. The van der Waals surface area contributed by atoms with E-state index in [2.05, 4.69) is 16.0 Å². The zero-order valence-electron chi connectivity index (χ0n) is 22.1. The van der Waals surface area contributed by atoms with E-state index in [1.54, 1.807) is 0 Å². The summed E-state index contributed by atoms with van der Waals surface area (Å²) in [6.45, 7) is 3.22. The number of carboxylic acids is 1. The van der Waals surface area contributed by atoms with Crippen molar-refractivity contribution in [1.29, 1.82) is 0 Å². The van der Waals surface area contributed by atoms with Gasteiger partial charge in [0.1, 0.15) is 30.2 Å². The van der Waals surface area contributed by atoms with Crippen molar-refractivity contribution < 1.29 is 43.8 Å². The van der Waals surface area contributed by atoms with Crippen LogP contribution in [0.15, 0.2) is 0 Å². The predicted molar refractivity (Wildman–Crippen MR) is 135 cm³/mol. The first-order chi connectivity index (χ1) is 18.2. The third-order valence-electron chi connectivity index (χ3n) is 6.03. The monoisotopic (exact) mass is 557 g/mol. The van der Waals surface area contributed by atoms with Gasteiger partial charge in [-0.05, 0) is 31.6 Å². The molecule has 1 aliphatic rings. The van der Waals surface area contributed by atoms with Gasteiger partial charge in [0.05, 0.1) is 13.0 Å². The van der Waals surface area contributed by atoms with E-state index in [4.69, 9.17) is 22.3 Å². The van der Waals surface area contributed by atoms with Crippen LogP contribution in [-0.2, 0) is 33.6 Å². The lowest BCUT2D eigenvalue weighted by Gasteiger charge is -2.31. The third kappa shape index (κ3) is 10.8. The Labute approximate surface area is 225 Å². The Bertz CT molecular complexity index is 943. The van der Waals surface area contributed by atoms with Gasteiger partial charge in [0.15, 0.2) is 0 Å². The fourth-order valence-corrected chi connectivity index (χ4v) is 4.05. The molecular weight excluding hydrogens is 518 g/mol. The number of likely N-dealkylation sites (tertiary alicyclic amines) is 1. The van der Waals surface area contributed by atoms with Crippen molar-refractivity contribution >= 4 is 41.4 Å². The number of carbonyl (C=O) groups is 7. The van der Waals surface area contributed by atoms with Crippen LogP contribution in [0.25, 0.3) is 0 Å². The van der Waals surface area contributed by atoms with E-state index in [1.807, 2.05) is 13.8 Å². The molecule has 0 aromatic heterocycles. The molecule has 1 heterocycles. The zero-order valence-corrected chi connectivity index (χ0v) is 22.1. The molecule has 0 aromatic rings. The minimum atomic E-state index is -1.67. The van der Waals surface area contributed by atoms with Crippen LogP contribution in [0.2, 0.25) is 0 Å². The standard InChI is InChI=1S/C23H39N7O9/c1-11(2)8-14(28-19(34)12(24)10-31)22(37)30-7-3-4-16(30)21(36)27-13(5-6-17(25)32)20(35)29-15(23(38)39)9-18(26)33/h11-16,31H,3-10,24H2,1-2H3,(H2,25,32)(H2,26,33)(H,27,36)(H,28,34)(H,29,35)(H,38,39)/t12-,13-,14-,15-,16-/m0/s1. The minimum absolute atomic E-state index is 0.0241. The molecule has 1 rings (SSSR count). The molecule has 0 unspecified atom stereocenters. The summed E-state index contributed by atoms with van der Waals surface area (Å²) in [6, 6.07) is -6.37. The van der Waals surface area contributed by atoms with Gasteiger partial charge in [-0.1, -0.05) is 13.8 Å². The van der Waals surface area contributed by atoms with Crippen LogP contribution in [0.3, 0.4) is 0 Å². The summed E-state index contributed by atoms with van der Waals surface area (Å²) in [5, 5.41) is 25.5. The molecule has 1 saturated heterocycles. The van der Waals surface area contributed by atoms with Crippen LogP contribution in [0.5, 0.6) is 0 Å². The second-order valence-electron chi connectivity index (χ2n) is 9.81. The predicted octanol–water partition coefficient (Wildman–Crippen LogP) is -3.98. The van der Waals surface area contributed by atoms with E-state index in [-0.39, 0.29) is 38.1 Å². The number of rotatable bonds is 16. The molecule has 220 valence electrons. The number of hydrogen-bond donors (Lipinski definition) is 8. The lowest BCUT2D eigenvalue weighted by atomic mass is 10.0. The van der Waals surface area contributed by atoms with Crippen LogP contribution in [-0.4, -0.2) is 99.9 Å². The van der Waals surface area contributed by atoms with Gasteiger partial charge in [-0.15, -0.1) is 0 Å². The SMILES string of the molecule is CC(C)C[C@H](NC(=O)[C@@H](N)CO)C(=O)N1CCC[C@H]1C(=O)N[C@@H](CCC(N)=O)C(=O)N[C@@H](CC(N)=O)C(=O)O. The number of nitrogens with zero attached hydrogens (tertiary/aromatic N) is 1. The molecule has 0 spiro atoms. The first kappa shape index (κ1) is 33.2. The van der Waals surface area contributed by atoms with Crippen molar-refractivity contribution in [2.45, 2.75) is 82.6 Å². The fraction of sp³-hybridized carbons (Fsp3) is 0.696. The van der Waals surface area contributed by atoms with Gasteiger partial charge in [0.2, 0.25) is 35.4 Å². The summed E-state index contributed by atoms with van der Waals surface area (Å²) in [6.07, 6.45) is -0.396. The Balaban J connectivity index is 3.09. The van der Waals surface area contributed by atoms with Crippen molar-refractivity contribution in [3.05, 3.63) is 0 Å². The van der Waals surface area contributed by atoms with E-state index in [0.29, 0.717) is 6.42 Å². The Morgan fingerprint density at radius 1 is 0.923 bits per heavy atom. The minimum Gasteiger partial charge on any atom is -0.480 e. The molecular formula is C23H39N7O9. The van der Waals surface area contributed by atoms with Gasteiger partial charge >= 0.3 is 5.97 Å². The van der Waals surface area contributed by atoms with Crippen molar-refractivity contribution in [3.8, 4) is 0 Å². The quantitative estimate of drug-likeness (QED) is 0.0910. The van der Waals surface area contributed by atoms with Gasteiger partial charge in [0.25, 0.3) is 0 Å². The first-order valence-electron chi connectivity index (χ1n) is 12.5. The fourth-order valence-electron chi connectivity index (χ4n) is 4.05. The Morgan fingerprint density at radius 3 is 2.05 bits per heavy atom. The van der Waals surface area contributed by atoms with Crippen LogP contribution in [0, 0.1) is 5.92 Å². The molecule has 16 heteroatoms. The van der Waals surface area contributed by atoms with Crippen LogP contribution in [0.4, 0.5) is 0 Å². The zero-order chi connectivity index (χ0) is 29.9. The molecule has 0 bridgehead atoms. The number of nitrogens with two attached hydrogens (primary N) is 3. The van der Waals surface area contributed by atoms with Gasteiger partial charge in [-0.3, -0.25) is 28.8 Å². The van der Waals surface area contributed by atoms with Crippen molar-refractivity contribution in [2.75, 3.05) is 13.2 Å². The van der Waals surface area contributed by atoms with Crippen LogP contribution in [0.1, 0.15) is 52.4 Å². The average Bonchev–Trinajstić information content (AvgIpc) is 3.33. The smallest absolute Gasteiger partial charge is 0.326 e. The molecule has 1 aliphatic heterocycles. The van der Waals surface area contributed by atoms with Gasteiger partial charge in [-0.25, -0.2) is 4.79 Å². The molecule has 5 atom stereocenters. The number of nitrogens with one attached hydrogen (secondary N) is 3. The lowest BCUT2D eigenvalue weighted by Crippen LogP contribution is -2.58. The molecule has 39 heavy (non-hydrogen) atoms. The number of carboxylic acid groups (broad SMARTS) is 1. The molecule has 0 radical (unpaired) electrons. The highest BCUT2D eigenvalue weighted by Gasteiger charge is 2.39. The Hall–Kier alpha value is -3.79. The van der Waals surface area contributed by atoms with Crippen LogP contribution >= 0.6 is 0 Å². The summed E-state index contributed by atoms with van der Waals surface area (Å²) in [5.41, 5.74) is 15.7. The van der Waals surface area contributed by atoms with Crippen molar-refractivity contribution in [2.24, 2.45) is 23.1 Å². The van der Waals surface area contributed by atoms with E-state index in [0.717, 1.165) is 0 Å². The van der Waals surface area contributed by atoms with E-state index in [1.165, 1.54) is 4.90 Å². The summed E-state index contributed by atoms with van der Waals surface area (Å²) >= 11 is 0. The summed E-state index contributed by atoms with van der Waals surface area (Å²) < 4.78 is 0. The van der Waals surface area contributed by atoms with Gasteiger partial charge < -0.3 is 48.3 Å². The van der Waals surface area contributed by atoms with Crippen LogP contribution < -0.4 is 33.2 Å². The number of amides is 6. The summed E-state index contributed by atoms with van der Waals surface area (Å²) in [7, 11) is 0. The second-order valence-corrected chi connectivity index (χ2v) is 9.81. The van der Waals surface area contributed by atoms with E-state index < -0.39 is 84.6 Å². The molecule has 11 N–H and O–H groups in total. The van der Waals surface area contributed by atoms with E-state index >= 15 is 0 Å². The normalized spacial score (nSPS) is 18.0. The highest BCUT2D eigenvalue weighted by molar-refractivity contribution is 5.96. The molecule has 0 aliphatic carbocycles. The second kappa shape index (κ2) is 15.6. The third-order valence-corrected chi connectivity index (χ3v) is 6.03. The summed E-state index contributed by atoms with van der Waals surface area (Å²) in [4.78, 5) is 86.8. The highest BCUT2D eigenvalue weighted by atomic mass is 16.4. The molecule has 1 fully saturated rings. The average molecular weight is 558 g/mol. The lowest BCUT2D eigenvalue weighted by molar-refractivity contribution is -0.144. The largest absolute Gasteiger partial charge is 0.480 e. The molecule has 16 nitrogen and oxygen atoms in total. The number of aliphatic hydroxyl groups is 1. The van der Waals surface area contributed by atoms with E-state index in [9.17, 15) is 38.7 Å². The maximum absolute atomic E-state index is 13.4. The Morgan fingerprint density at radius 2 is 1.54 bits per heavy atom. The topological polar surface area (TPSA) is 277 Å². The van der Waals surface area contributed by atoms with Crippen molar-refractivity contribution in [1.82, 2.24) is 20.9 Å². The van der Waals surface area contributed by atoms with Gasteiger partial charge in [-0.2, -0.15) is 0 Å².